The first-order chi connectivity index (χ1) is 8.80. The van der Waals surface area contributed by atoms with Gasteiger partial charge in [-0.25, -0.2) is 4.79 Å². The van der Waals surface area contributed by atoms with Crippen molar-refractivity contribution >= 4 is 22.0 Å². The Balaban J connectivity index is 2.14. The molecule has 2 rings (SSSR count). The molecule has 0 spiro atoms. The average molecular weight is 328 g/mol. The molecule has 0 N–H and O–H groups in total. The van der Waals surface area contributed by atoms with Crippen molar-refractivity contribution in [1.29, 1.82) is 0 Å². The second-order valence-electron chi connectivity index (χ2n) is 5.59. The third-order valence-electron chi connectivity index (χ3n) is 2.85. The highest BCUT2D eigenvalue weighted by Gasteiger charge is 2.28. The maximum absolute atomic E-state index is 12.0. The van der Waals surface area contributed by atoms with E-state index in [4.69, 9.17) is 9.47 Å². The third-order valence-corrected chi connectivity index (χ3v) is 3.47. The van der Waals surface area contributed by atoms with Gasteiger partial charge in [0.2, 0.25) is 0 Å². The maximum Gasteiger partial charge on any atom is 0.410 e. The number of rotatable bonds is 1. The summed E-state index contributed by atoms with van der Waals surface area (Å²) in [5.74, 6) is 0.782. The first-order valence-electron chi connectivity index (χ1n) is 6.13. The molecule has 0 unspecified atom stereocenters. The van der Waals surface area contributed by atoms with Crippen molar-refractivity contribution in [1.82, 2.24) is 4.90 Å². The number of nitrogens with zero attached hydrogens (tertiary/aromatic N) is 1. The van der Waals surface area contributed by atoms with Gasteiger partial charge in [0.05, 0.1) is 11.6 Å². The number of carbonyl (C=O) groups is 1. The summed E-state index contributed by atoms with van der Waals surface area (Å²) in [4.78, 5) is 13.7. The first-order valence-corrected chi connectivity index (χ1v) is 6.92. The van der Waals surface area contributed by atoms with Crippen LogP contribution in [-0.2, 0) is 17.8 Å². The van der Waals surface area contributed by atoms with Crippen LogP contribution in [0.4, 0.5) is 4.79 Å². The van der Waals surface area contributed by atoms with Gasteiger partial charge in [0, 0.05) is 13.1 Å². The third kappa shape index (κ3) is 3.21. The Morgan fingerprint density at radius 2 is 1.84 bits per heavy atom. The summed E-state index contributed by atoms with van der Waals surface area (Å²) in [6.45, 7) is 6.75. The van der Waals surface area contributed by atoms with E-state index in [1.54, 1.807) is 12.0 Å². The minimum absolute atomic E-state index is 0.279. The first kappa shape index (κ1) is 14.2. The largest absolute Gasteiger partial charge is 0.496 e. The molecule has 0 aliphatic carbocycles. The Kier molecular flexibility index (Phi) is 3.76. The Bertz CT molecular complexity index is 508. The van der Waals surface area contributed by atoms with Crippen molar-refractivity contribution in [3.8, 4) is 5.75 Å². The number of carbonyl (C=O) groups excluding carboxylic acids is 1. The molecule has 0 radical (unpaired) electrons. The average Bonchev–Trinajstić information content (AvgIpc) is 2.68. The fourth-order valence-electron chi connectivity index (χ4n) is 2.01. The highest BCUT2D eigenvalue weighted by Crippen LogP contribution is 2.33. The summed E-state index contributed by atoms with van der Waals surface area (Å²) in [5.41, 5.74) is 1.76. The minimum Gasteiger partial charge on any atom is -0.496 e. The van der Waals surface area contributed by atoms with Crippen LogP contribution in [0.2, 0.25) is 0 Å². The highest BCUT2D eigenvalue weighted by molar-refractivity contribution is 9.10. The van der Waals surface area contributed by atoms with Crippen LogP contribution >= 0.6 is 15.9 Å². The predicted octanol–water partition coefficient (Wildman–Crippen LogP) is 3.71. The fraction of sp³-hybridized carbons (Fsp3) is 0.500. The smallest absolute Gasteiger partial charge is 0.410 e. The number of ether oxygens (including phenoxy) is 2. The van der Waals surface area contributed by atoms with Crippen LogP contribution in [-0.4, -0.2) is 23.7 Å². The number of hydrogen-bond donors (Lipinski definition) is 0. The van der Waals surface area contributed by atoms with Crippen molar-refractivity contribution in [3.05, 3.63) is 27.7 Å². The minimum atomic E-state index is -0.468. The van der Waals surface area contributed by atoms with E-state index in [1.165, 1.54) is 0 Å². The normalized spacial score (nSPS) is 14.3. The molecule has 1 heterocycles. The summed E-state index contributed by atoms with van der Waals surface area (Å²) in [5, 5.41) is 0. The van der Waals surface area contributed by atoms with Gasteiger partial charge < -0.3 is 9.47 Å². The topological polar surface area (TPSA) is 38.8 Å². The van der Waals surface area contributed by atoms with Crippen molar-refractivity contribution in [2.45, 2.75) is 39.5 Å². The van der Waals surface area contributed by atoms with E-state index in [0.717, 1.165) is 21.3 Å². The van der Waals surface area contributed by atoms with E-state index in [0.29, 0.717) is 13.1 Å². The molecule has 5 heteroatoms. The van der Waals surface area contributed by atoms with Gasteiger partial charge in [0.25, 0.3) is 0 Å². The molecule has 1 aromatic rings. The molecule has 4 nitrogen and oxygen atoms in total. The lowest BCUT2D eigenvalue weighted by Crippen LogP contribution is -2.33. The van der Waals surface area contributed by atoms with E-state index in [-0.39, 0.29) is 6.09 Å². The highest BCUT2D eigenvalue weighted by atomic mass is 79.9. The van der Waals surface area contributed by atoms with E-state index in [9.17, 15) is 4.79 Å². The number of halogens is 1. The molecule has 0 saturated carbocycles. The number of methoxy groups -OCH3 is 1. The predicted molar refractivity (Wildman–Crippen MR) is 76.2 cm³/mol. The molecule has 0 saturated heterocycles. The molecular weight excluding hydrogens is 310 g/mol. The zero-order chi connectivity index (χ0) is 14.2. The molecule has 104 valence electrons. The van der Waals surface area contributed by atoms with Crippen molar-refractivity contribution in [2.75, 3.05) is 7.11 Å². The lowest BCUT2D eigenvalue weighted by molar-refractivity contribution is 0.0242. The second-order valence-corrected chi connectivity index (χ2v) is 6.45. The molecule has 1 aliphatic heterocycles. The lowest BCUT2D eigenvalue weighted by Gasteiger charge is -2.24. The van der Waals surface area contributed by atoms with Gasteiger partial charge >= 0.3 is 6.09 Å². The molecule has 19 heavy (non-hydrogen) atoms. The summed E-state index contributed by atoms with van der Waals surface area (Å²) in [6.07, 6.45) is -0.279. The van der Waals surface area contributed by atoms with Crippen LogP contribution in [0.3, 0.4) is 0 Å². The summed E-state index contributed by atoms with van der Waals surface area (Å²) >= 11 is 3.46. The maximum atomic E-state index is 12.0. The van der Waals surface area contributed by atoms with E-state index < -0.39 is 5.60 Å². The number of amides is 1. The van der Waals surface area contributed by atoms with Crippen LogP contribution in [0.1, 0.15) is 31.9 Å². The monoisotopic (exact) mass is 327 g/mol. The molecule has 1 amide bonds. The standard InChI is InChI=1S/C14H18BrNO3/c1-14(2,3)19-13(17)16-7-9-5-11(15)12(18-4)6-10(9)8-16/h5-6H,7-8H2,1-4H3. The molecule has 0 fully saturated rings. The molecular formula is C14H18BrNO3. The van der Waals surface area contributed by atoms with Crippen molar-refractivity contribution < 1.29 is 14.3 Å². The van der Waals surface area contributed by atoms with Crippen molar-refractivity contribution in [3.63, 3.8) is 0 Å². The molecule has 0 bridgehead atoms. The summed E-state index contributed by atoms with van der Waals surface area (Å²) in [7, 11) is 1.63. The molecule has 1 aromatic carbocycles. The molecule has 0 atom stereocenters. The Hall–Kier alpha value is -1.23. The Labute approximate surface area is 121 Å². The van der Waals surface area contributed by atoms with Gasteiger partial charge in [-0.1, -0.05) is 0 Å². The van der Waals surface area contributed by atoms with E-state index >= 15 is 0 Å². The zero-order valence-corrected chi connectivity index (χ0v) is 13.2. The summed E-state index contributed by atoms with van der Waals surface area (Å²) in [6, 6.07) is 3.96. The van der Waals surface area contributed by atoms with Gasteiger partial charge in [-0.15, -0.1) is 0 Å². The van der Waals surface area contributed by atoms with Crippen LogP contribution in [0.15, 0.2) is 16.6 Å². The summed E-state index contributed by atoms with van der Waals surface area (Å²) < 4.78 is 11.6. The number of benzene rings is 1. The van der Waals surface area contributed by atoms with Crippen LogP contribution in [0, 0.1) is 0 Å². The zero-order valence-electron chi connectivity index (χ0n) is 11.6. The Morgan fingerprint density at radius 1 is 1.26 bits per heavy atom. The van der Waals surface area contributed by atoms with Crippen molar-refractivity contribution in [2.24, 2.45) is 0 Å². The van der Waals surface area contributed by atoms with E-state index in [2.05, 4.69) is 15.9 Å². The molecule has 1 aliphatic rings. The molecule has 0 aromatic heterocycles. The van der Waals surface area contributed by atoms with Gasteiger partial charge in [-0.05, 0) is 60.0 Å². The van der Waals surface area contributed by atoms with Crippen LogP contribution in [0.25, 0.3) is 0 Å². The van der Waals surface area contributed by atoms with Gasteiger partial charge in [-0.3, -0.25) is 4.90 Å². The lowest BCUT2D eigenvalue weighted by atomic mass is 10.1. The quantitative estimate of drug-likeness (QED) is 0.789. The van der Waals surface area contributed by atoms with Gasteiger partial charge in [0.1, 0.15) is 11.4 Å². The van der Waals surface area contributed by atoms with Gasteiger partial charge in [-0.2, -0.15) is 0 Å². The number of hydrogen-bond acceptors (Lipinski definition) is 3. The fourth-order valence-corrected chi connectivity index (χ4v) is 2.56. The van der Waals surface area contributed by atoms with E-state index in [1.807, 2.05) is 32.9 Å². The Morgan fingerprint density at radius 3 is 2.37 bits per heavy atom. The van der Waals surface area contributed by atoms with Crippen LogP contribution in [0.5, 0.6) is 5.75 Å². The second kappa shape index (κ2) is 5.04. The van der Waals surface area contributed by atoms with Crippen LogP contribution < -0.4 is 4.74 Å². The SMILES string of the molecule is COc1cc2c(cc1Br)CN(C(=O)OC(C)(C)C)C2. The van der Waals surface area contributed by atoms with Gasteiger partial charge in [0.15, 0.2) is 0 Å². The number of fused-ring (bicyclic) bond motifs is 1.